The lowest BCUT2D eigenvalue weighted by Gasteiger charge is -2.30. The predicted octanol–water partition coefficient (Wildman–Crippen LogP) is 3.51. The molecular weight excluding hydrogens is 350 g/mol. The lowest BCUT2D eigenvalue weighted by molar-refractivity contribution is -0.121. The standard InChI is InChI=1S/C19H41NO5Si/c1-7-8-11-17(21)12-9-10-13-18(22)20-16-19(2,3)14-15-26(23-4,24-5)25-6/h17,21H,7-16H2,1-6H3,(H,20,22). The summed E-state index contributed by atoms with van der Waals surface area (Å²) in [6.07, 6.45) is 6.69. The molecule has 0 heterocycles. The van der Waals surface area contributed by atoms with E-state index in [1.165, 1.54) is 0 Å². The van der Waals surface area contributed by atoms with Gasteiger partial charge in [0, 0.05) is 40.3 Å². The summed E-state index contributed by atoms with van der Waals surface area (Å²) in [6.45, 7) is 6.99. The van der Waals surface area contributed by atoms with Gasteiger partial charge in [0.05, 0.1) is 6.10 Å². The summed E-state index contributed by atoms with van der Waals surface area (Å²) in [5.41, 5.74) is -0.0557. The van der Waals surface area contributed by atoms with Crippen LogP contribution in [0, 0.1) is 5.41 Å². The van der Waals surface area contributed by atoms with Crippen LogP contribution < -0.4 is 5.32 Å². The molecule has 2 N–H and O–H groups in total. The van der Waals surface area contributed by atoms with Gasteiger partial charge in [-0.1, -0.05) is 40.0 Å². The number of carbonyl (C=O) groups is 1. The van der Waals surface area contributed by atoms with E-state index in [1.54, 1.807) is 21.3 Å². The Morgan fingerprint density at radius 2 is 1.65 bits per heavy atom. The van der Waals surface area contributed by atoms with Gasteiger partial charge in [-0.25, -0.2) is 0 Å². The Kier molecular flexibility index (Phi) is 13.4. The fourth-order valence-corrected chi connectivity index (χ4v) is 4.91. The lowest BCUT2D eigenvalue weighted by Crippen LogP contribution is -2.44. The summed E-state index contributed by atoms with van der Waals surface area (Å²) in [5.74, 6) is 0.0786. The second kappa shape index (κ2) is 13.7. The summed E-state index contributed by atoms with van der Waals surface area (Å²) < 4.78 is 16.4. The van der Waals surface area contributed by atoms with Crippen LogP contribution in [0.4, 0.5) is 0 Å². The topological polar surface area (TPSA) is 77.0 Å². The van der Waals surface area contributed by atoms with Gasteiger partial charge < -0.3 is 23.7 Å². The first-order chi connectivity index (χ1) is 12.2. The highest BCUT2D eigenvalue weighted by Gasteiger charge is 2.39. The Hall–Kier alpha value is -0.473. The van der Waals surface area contributed by atoms with Gasteiger partial charge in [0.1, 0.15) is 0 Å². The van der Waals surface area contributed by atoms with Gasteiger partial charge in [-0.05, 0) is 31.1 Å². The van der Waals surface area contributed by atoms with Crippen LogP contribution in [-0.2, 0) is 18.1 Å². The molecule has 1 unspecified atom stereocenters. The first-order valence-corrected chi connectivity index (χ1v) is 11.8. The third-order valence-corrected chi connectivity index (χ3v) is 7.62. The predicted molar refractivity (Wildman–Crippen MR) is 107 cm³/mol. The molecule has 7 heteroatoms. The van der Waals surface area contributed by atoms with Crippen LogP contribution in [0.1, 0.15) is 72.1 Å². The molecule has 0 aromatic rings. The number of aliphatic hydroxyl groups is 1. The van der Waals surface area contributed by atoms with E-state index < -0.39 is 8.80 Å². The Morgan fingerprint density at radius 1 is 1.08 bits per heavy atom. The molecule has 0 aliphatic rings. The number of hydrogen-bond acceptors (Lipinski definition) is 5. The zero-order valence-corrected chi connectivity index (χ0v) is 18.7. The van der Waals surface area contributed by atoms with Crippen molar-refractivity contribution in [2.24, 2.45) is 5.41 Å². The quantitative estimate of drug-likeness (QED) is 0.311. The Labute approximate surface area is 161 Å². The van der Waals surface area contributed by atoms with Crippen LogP contribution in [0.25, 0.3) is 0 Å². The van der Waals surface area contributed by atoms with Gasteiger partial charge in [0.25, 0.3) is 0 Å². The van der Waals surface area contributed by atoms with E-state index in [1.807, 2.05) is 0 Å². The summed E-state index contributed by atoms with van der Waals surface area (Å²) in [6, 6.07) is 0.717. The largest absolute Gasteiger partial charge is 0.500 e. The maximum atomic E-state index is 12.0. The fraction of sp³-hybridized carbons (Fsp3) is 0.947. The number of rotatable bonds is 16. The molecule has 0 bridgehead atoms. The lowest BCUT2D eigenvalue weighted by atomic mass is 9.90. The van der Waals surface area contributed by atoms with Crippen molar-refractivity contribution in [3.05, 3.63) is 0 Å². The number of nitrogens with one attached hydrogen (secondary N) is 1. The summed E-state index contributed by atoms with van der Waals surface area (Å²) in [5, 5.41) is 12.8. The van der Waals surface area contributed by atoms with Crippen molar-refractivity contribution in [1.82, 2.24) is 5.32 Å². The highest BCUT2D eigenvalue weighted by molar-refractivity contribution is 6.60. The fourth-order valence-electron chi connectivity index (χ4n) is 2.81. The Morgan fingerprint density at radius 3 is 2.19 bits per heavy atom. The van der Waals surface area contributed by atoms with Crippen LogP contribution in [0.5, 0.6) is 0 Å². The second-order valence-corrected chi connectivity index (χ2v) is 10.9. The van der Waals surface area contributed by atoms with Crippen molar-refractivity contribution >= 4 is 14.7 Å². The Balaban J connectivity index is 4.02. The van der Waals surface area contributed by atoms with E-state index in [0.29, 0.717) is 13.0 Å². The van der Waals surface area contributed by atoms with Gasteiger partial charge in [0.15, 0.2) is 0 Å². The molecule has 6 nitrogen and oxygen atoms in total. The highest BCUT2D eigenvalue weighted by atomic mass is 28.4. The SMILES string of the molecule is CCCCC(O)CCCCC(=O)NCC(C)(C)CC[Si](OC)(OC)OC. The molecule has 0 aromatic carbocycles. The number of unbranched alkanes of at least 4 members (excludes halogenated alkanes) is 2. The van der Waals surface area contributed by atoms with E-state index in [0.717, 1.165) is 51.0 Å². The third kappa shape index (κ3) is 11.3. The van der Waals surface area contributed by atoms with E-state index in [9.17, 15) is 9.90 Å². The van der Waals surface area contributed by atoms with E-state index in [2.05, 4.69) is 26.1 Å². The first-order valence-electron chi connectivity index (χ1n) is 9.84. The van der Waals surface area contributed by atoms with Crippen molar-refractivity contribution in [3.63, 3.8) is 0 Å². The van der Waals surface area contributed by atoms with Gasteiger partial charge in [-0.2, -0.15) is 0 Å². The Bertz CT molecular complexity index is 367. The number of hydrogen-bond donors (Lipinski definition) is 2. The average molecular weight is 392 g/mol. The maximum Gasteiger partial charge on any atom is 0.500 e. The van der Waals surface area contributed by atoms with Crippen molar-refractivity contribution < 1.29 is 23.2 Å². The van der Waals surface area contributed by atoms with E-state index in [-0.39, 0.29) is 17.4 Å². The molecule has 0 radical (unpaired) electrons. The zero-order chi connectivity index (χ0) is 20.1. The molecule has 0 saturated carbocycles. The van der Waals surface area contributed by atoms with Crippen LogP contribution in [0.3, 0.4) is 0 Å². The van der Waals surface area contributed by atoms with Gasteiger partial charge in [-0.3, -0.25) is 4.79 Å². The van der Waals surface area contributed by atoms with E-state index >= 15 is 0 Å². The van der Waals surface area contributed by atoms with Gasteiger partial charge in [-0.15, -0.1) is 0 Å². The van der Waals surface area contributed by atoms with Crippen LogP contribution in [0.2, 0.25) is 6.04 Å². The molecule has 156 valence electrons. The summed E-state index contributed by atoms with van der Waals surface area (Å²) >= 11 is 0. The smallest absolute Gasteiger partial charge is 0.393 e. The molecule has 1 amide bonds. The van der Waals surface area contributed by atoms with Crippen LogP contribution in [-0.4, -0.2) is 53.8 Å². The molecule has 26 heavy (non-hydrogen) atoms. The number of carbonyl (C=O) groups excluding carboxylic acids is 1. The van der Waals surface area contributed by atoms with Crippen molar-refractivity contribution in [3.8, 4) is 0 Å². The first kappa shape index (κ1) is 25.5. The van der Waals surface area contributed by atoms with Gasteiger partial charge in [0.2, 0.25) is 5.91 Å². The minimum absolute atomic E-state index is 0.0557. The van der Waals surface area contributed by atoms with Crippen LogP contribution in [0.15, 0.2) is 0 Å². The minimum atomic E-state index is -2.57. The molecule has 0 aliphatic heterocycles. The minimum Gasteiger partial charge on any atom is -0.393 e. The molecule has 1 atom stereocenters. The van der Waals surface area contributed by atoms with Crippen molar-refractivity contribution in [1.29, 1.82) is 0 Å². The summed E-state index contributed by atoms with van der Waals surface area (Å²) in [4.78, 5) is 12.0. The van der Waals surface area contributed by atoms with Gasteiger partial charge >= 0.3 is 8.80 Å². The monoisotopic (exact) mass is 391 g/mol. The normalized spacial score (nSPS) is 13.7. The second-order valence-electron chi connectivity index (χ2n) is 7.78. The molecule has 0 saturated heterocycles. The molecule has 0 fully saturated rings. The molecular formula is C19H41NO5Si. The molecule has 0 aliphatic carbocycles. The molecule has 0 spiro atoms. The third-order valence-electron chi connectivity index (χ3n) is 4.89. The van der Waals surface area contributed by atoms with E-state index in [4.69, 9.17) is 13.3 Å². The number of amides is 1. The molecule has 0 rings (SSSR count). The highest BCUT2D eigenvalue weighted by Crippen LogP contribution is 2.27. The number of aliphatic hydroxyl groups excluding tert-OH is 1. The van der Waals surface area contributed by atoms with Crippen LogP contribution >= 0.6 is 0 Å². The van der Waals surface area contributed by atoms with Crippen molar-refractivity contribution in [2.45, 2.75) is 84.3 Å². The van der Waals surface area contributed by atoms with Crippen molar-refractivity contribution in [2.75, 3.05) is 27.9 Å². The summed E-state index contributed by atoms with van der Waals surface area (Å²) in [7, 11) is 2.29. The average Bonchev–Trinajstić information content (AvgIpc) is 2.63. The molecule has 0 aromatic heterocycles. The zero-order valence-electron chi connectivity index (χ0n) is 17.7. The maximum absolute atomic E-state index is 12.0.